The van der Waals surface area contributed by atoms with E-state index in [4.69, 9.17) is 9.47 Å². The molecule has 0 saturated carbocycles. The minimum Gasteiger partial charge on any atom is -0.501 e. The molecule has 0 aliphatic heterocycles. The molecule has 0 aliphatic rings. The summed E-state index contributed by atoms with van der Waals surface area (Å²) >= 11 is 0. The molecule has 0 amide bonds. The van der Waals surface area contributed by atoms with Gasteiger partial charge >= 0.3 is 5.97 Å². The fourth-order valence-electron chi connectivity index (χ4n) is 0.768. The van der Waals surface area contributed by atoms with E-state index in [-0.39, 0.29) is 5.97 Å². The maximum atomic E-state index is 11.2. The van der Waals surface area contributed by atoms with Crippen LogP contribution < -0.4 is 0 Å². The van der Waals surface area contributed by atoms with Gasteiger partial charge in [-0.3, -0.25) is 0 Å². The molecular formula is C10H18O3. The van der Waals surface area contributed by atoms with Crippen LogP contribution in [0.15, 0.2) is 11.8 Å². The van der Waals surface area contributed by atoms with Gasteiger partial charge in [0.25, 0.3) is 0 Å². The first-order valence-electron chi connectivity index (χ1n) is 4.36. The number of ether oxygens (including phenoxy) is 2. The highest BCUT2D eigenvalue weighted by molar-refractivity contribution is 5.82. The number of hydrogen-bond donors (Lipinski definition) is 0. The Hall–Kier alpha value is -0.990. The molecule has 0 aliphatic carbocycles. The van der Waals surface area contributed by atoms with Crippen molar-refractivity contribution in [3.05, 3.63) is 11.8 Å². The van der Waals surface area contributed by atoms with Gasteiger partial charge in [0.15, 0.2) is 0 Å². The second-order valence-electron chi connectivity index (χ2n) is 3.70. The van der Waals surface area contributed by atoms with Crippen LogP contribution in [-0.2, 0) is 14.3 Å². The van der Waals surface area contributed by atoms with Crippen LogP contribution in [0.1, 0.15) is 34.1 Å². The highest BCUT2D eigenvalue weighted by atomic mass is 16.6. The van der Waals surface area contributed by atoms with E-state index in [1.165, 1.54) is 6.08 Å². The minimum absolute atomic E-state index is 0.355. The molecule has 0 fully saturated rings. The molecule has 3 heteroatoms. The van der Waals surface area contributed by atoms with E-state index in [1.54, 1.807) is 7.11 Å². The third-order valence-corrected chi connectivity index (χ3v) is 1.30. The molecule has 3 nitrogen and oxygen atoms in total. The summed E-state index contributed by atoms with van der Waals surface area (Å²) < 4.78 is 10.0. The predicted octanol–water partition coefficient (Wildman–Crippen LogP) is 2.27. The highest BCUT2D eigenvalue weighted by Crippen LogP contribution is 2.09. The van der Waals surface area contributed by atoms with Crippen molar-refractivity contribution in [3.63, 3.8) is 0 Å². The number of esters is 1. The molecule has 13 heavy (non-hydrogen) atoms. The Balaban J connectivity index is 4.21. The van der Waals surface area contributed by atoms with Crippen LogP contribution in [0.3, 0.4) is 0 Å². The summed E-state index contributed by atoms with van der Waals surface area (Å²) in [4.78, 5) is 11.2. The van der Waals surface area contributed by atoms with Gasteiger partial charge in [-0.15, -0.1) is 0 Å². The largest absolute Gasteiger partial charge is 0.501 e. The normalized spacial score (nSPS) is 12.5. The molecule has 0 unspecified atom stereocenters. The van der Waals surface area contributed by atoms with Gasteiger partial charge in [0.05, 0.1) is 13.2 Å². The van der Waals surface area contributed by atoms with E-state index in [1.807, 2.05) is 27.7 Å². The molecule has 0 N–H and O–H groups in total. The fourth-order valence-corrected chi connectivity index (χ4v) is 0.768. The lowest BCUT2D eigenvalue weighted by molar-refractivity contribution is -0.148. The summed E-state index contributed by atoms with van der Waals surface area (Å²) in [6.07, 6.45) is 2.07. The molecule has 0 spiro atoms. The molecule has 0 rings (SSSR count). The fraction of sp³-hybridized carbons (Fsp3) is 0.700. The highest BCUT2D eigenvalue weighted by Gasteiger charge is 2.14. The van der Waals surface area contributed by atoms with Gasteiger partial charge in [-0.1, -0.05) is 6.92 Å². The summed E-state index contributed by atoms with van der Waals surface area (Å²) in [5.74, 6) is 0.278. The van der Waals surface area contributed by atoms with Crippen molar-refractivity contribution in [2.24, 2.45) is 0 Å². The molecular weight excluding hydrogens is 168 g/mol. The van der Waals surface area contributed by atoms with Crippen LogP contribution in [0.5, 0.6) is 0 Å². The number of carbonyl (C=O) groups is 1. The van der Waals surface area contributed by atoms with E-state index < -0.39 is 5.60 Å². The predicted molar refractivity (Wildman–Crippen MR) is 51.2 cm³/mol. The van der Waals surface area contributed by atoms with Crippen LogP contribution >= 0.6 is 0 Å². The SMILES string of the molecule is CC/C(=C\C(=O)OC(C)(C)C)OC. The van der Waals surface area contributed by atoms with E-state index >= 15 is 0 Å². The summed E-state index contributed by atoms with van der Waals surface area (Å²) in [5, 5.41) is 0. The van der Waals surface area contributed by atoms with Crippen molar-refractivity contribution in [2.45, 2.75) is 39.7 Å². The van der Waals surface area contributed by atoms with Crippen molar-refractivity contribution in [2.75, 3.05) is 7.11 Å². The molecule has 0 radical (unpaired) electrons. The van der Waals surface area contributed by atoms with Gasteiger partial charge in [-0.05, 0) is 20.8 Å². The Morgan fingerprint density at radius 2 is 1.92 bits per heavy atom. The molecule has 0 bridgehead atoms. The monoisotopic (exact) mass is 186 g/mol. The van der Waals surface area contributed by atoms with Crippen LogP contribution in [-0.4, -0.2) is 18.7 Å². The molecule has 0 aromatic rings. The van der Waals surface area contributed by atoms with Crippen LogP contribution in [0.4, 0.5) is 0 Å². The van der Waals surface area contributed by atoms with E-state index in [0.29, 0.717) is 12.2 Å². The molecule has 0 atom stereocenters. The maximum absolute atomic E-state index is 11.2. The molecule has 0 aromatic heterocycles. The molecule has 0 aromatic carbocycles. The third kappa shape index (κ3) is 6.20. The lowest BCUT2D eigenvalue weighted by Crippen LogP contribution is -2.22. The summed E-state index contributed by atoms with van der Waals surface area (Å²) in [6.45, 7) is 7.41. The minimum atomic E-state index is -0.444. The number of rotatable bonds is 3. The summed E-state index contributed by atoms with van der Waals surface area (Å²) in [6, 6.07) is 0. The van der Waals surface area contributed by atoms with Crippen LogP contribution in [0, 0.1) is 0 Å². The van der Waals surface area contributed by atoms with Gasteiger partial charge in [0, 0.05) is 6.42 Å². The zero-order chi connectivity index (χ0) is 10.5. The molecule has 76 valence electrons. The van der Waals surface area contributed by atoms with Crippen LogP contribution in [0.2, 0.25) is 0 Å². The first-order chi connectivity index (χ1) is 5.89. The molecule has 0 saturated heterocycles. The van der Waals surface area contributed by atoms with E-state index in [0.717, 1.165) is 0 Å². The standard InChI is InChI=1S/C10H18O3/c1-6-8(12-5)7-9(11)13-10(2,3)4/h7H,6H2,1-5H3/b8-7+. The average Bonchev–Trinajstić information content (AvgIpc) is 1.96. The van der Waals surface area contributed by atoms with Gasteiger partial charge in [0.1, 0.15) is 11.4 Å². The van der Waals surface area contributed by atoms with E-state index in [2.05, 4.69) is 0 Å². The lowest BCUT2D eigenvalue weighted by Gasteiger charge is -2.18. The first-order valence-corrected chi connectivity index (χ1v) is 4.36. The lowest BCUT2D eigenvalue weighted by atomic mass is 10.2. The van der Waals surface area contributed by atoms with Crippen molar-refractivity contribution in [1.82, 2.24) is 0 Å². The van der Waals surface area contributed by atoms with Crippen molar-refractivity contribution >= 4 is 5.97 Å². The van der Waals surface area contributed by atoms with Crippen molar-refractivity contribution in [1.29, 1.82) is 0 Å². The Bertz CT molecular complexity index is 193. The maximum Gasteiger partial charge on any atom is 0.334 e. The number of allylic oxidation sites excluding steroid dienone is 1. The quantitative estimate of drug-likeness (QED) is 0.385. The van der Waals surface area contributed by atoms with Crippen LogP contribution in [0.25, 0.3) is 0 Å². The molecule has 0 heterocycles. The third-order valence-electron chi connectivity index (χ3n) is 1.30. The Kier molecular flexibility index (Phi) is 4.52. The van der Waals surface area contributed by atoms with Gasteiger partial charge in [0.2, 0.25) is 0 Å². The van der Waals surface area contributed by atoms with Crippen molar-refractivity contribution < 1.29 is 14.3 Å². The summed E-state index contributed by atoms with van der Waals surface area (Å²) in [7, 11) is 1.54. The Labute approximate surface area is 79.7 Å². The second-order valence-corrected chi connectivity index (χ2v) is 3.70. The van der Waals surface area contributed by atoms with Gasteiger partial charge in [-0.2, -0.15) is 0 Å². The Morgan fingerprint density at radius 1 is 1.38 bits per heavy atom. The smallest absolute Gasteiger partial charge is 0.334 e. The topological polar surface area (TPSA) is 35.5 Å². The second kappa shape index (κ2) is 4.90. The van der Waals surface area contributed by atoms with Crippen molar-refractivity contribution in [3.8, 4) is 0 Å². The number of carbonyl (C=O) groups excluding carboxylic acids is 1. The zero-order valence-corrected chi connectivity index (χ0v) is 9.01. The summed E-state index contributed by atoms with van der Waals surface area (Å²) in [5.41, 5.74) is -0.444. The average molecular weight is 186 g/mol. The number of hydrogen-bond acceptors (Lipinski definition) is 3. The van der Waals surface area contributed by atoms with E-state index in [9.17, 15) is 4.79 Å². The number of methoxy groups -OCH3 is 1. The zero-order valence-electron chi connectivity index (χ0n) is 9.01. The Morgan fingerprint density at radius 3 is 2.23 bits per heavy atom. The van der Waals surface area contributed by atoms with Gasteiger partial charge in [-0.25, -0.2) is 4.79 Å². The van der Waals surface area contributed by atoms with Gasteiger partial charge < -0.3 is 9.47 Å². The first kappa shape index (κ1) is 12.0.